The molecule has 0 N–H and O–H groups in total. The molecule has 1 aliphatic heterocycles. The molecule has 0 spiro atoms. The van der Waals surface area contributed by atoms with Crippen molar-refractivity contribution in [1.29, 1.82) is 0 Å². The van der Waals surface area contributed by atoms with Crippen LogP contribution >= 0.6 is 11.6 Å². The summed E-state index contributed by atoms with van der Waals surface area (Å²) < 4.78 is 10.2. The van der Waals surface area contributed by atoms with E-state index in [0.717, 1.165) is 5.56 Å². The van der Waals surface area contributed by atoms with Crippen LogP contribution in [-0.2, 0) is 17.2 Å². The van der Waals surface area contributed by atoms with Crippen LogP contribution in [0.4, 0.5) is 4.79 Å². The van der Waals surface area contributed by atoms with Crippen molar-refractivity contribution in [2.75, 3.05) is 13.1 Å². The molecule has 0 unspecified atom stereocenters. The number of rotatable bonds is 4. The number of hydrogen-bond donors (Lipinski definition) is 0. The summed E-state index contributed by atoms with van der Waals surface area (Å²) >= 11 is 5.60. The smallest absolute Gasteiger partial charge is 0.410 e. The number of alkyl halides is 1. The minimum absolute atomic E-state index is 0.0926. The highest BCUT2D eigenvalue weighted by Gasteiger charge is 2.35. The molecular weight excluding hydrogens is 294 g/mol. The third-order valence-corrected chi connectivity index (χ3v) is 3.54. The minimum Gasteiger partial charge on any atom is -0.445 e. The molecule has 2 aromatic rings. The highest BCUT2D eigenvalue weighted by molar-refractivity contribution is 6.16. The Hall–Kier alpha value is -2.08. The van der Waals surface area contributed by atoms with Crippen molar-refractivity contribution < 1.29 is 14.1 Å². The van der Waals surface area contributed by atoms with Gasteiger partial charge in [0.2, 0.25) is 5.89 Å². The van der Waals surface area contributed by atoms with E-state index < -0.39 is 0 Å². The summed E-state index contributed by atoms with van der Waals surface area (Å²) in [5.74, 6) is 1.28. The number of carbonyl (C=O) groups excluding carboxylic acids is 1. The van der Waals surface area contributed by atoms with Crippen LogP contribution in [0.2, 0.25) is 0 Å². The number of aromatic nitrogens is 2. The number of amides is 1. The summed E-state index contributed by atoms with van der Waals surface area (Å²) in [6.07, 6.45) is -0.323. The molecule has 110 valence electrons. The summed E-state index contributed by atoms with van der Waals surface area (Å²) in [6, 6.07) is 9.57. The van der Waals surface area contributed by atoms with Gasteiger partial charge in [0.15, 0.2) is 5.82 Å². The van der Waals surface area contributed by atoms with Gasteiger partial charge in [-0.25, -0.2) is 4.79 Å². The summed E-state index contributed by atoms with van der Waals surface area (Å²) in [5, 5.41) is 3.85. The fraction of sp³-hybridized carbons (Fsp3) is 0.357. The minimum atomic E-state index is -0.323. The van der Waals surface area contributed by atoms with Gasteiger partial charge in [0.1, 0.15) is 12.5 Å². The maximum atomic E-state index is 11.9. The average Bonchev–Trinajstić information content (AvgIpc) is 2.93. The van der Waals surface area contributed by atoms with Gasteiger partial charge in [-0.05, 0) is 5.56 Å². The van der Waals surface area contributed by atoms with E-state index in [9.17, 15) is 4.79 Å². The van der Waals surface area contributed by atoms with E-state index in [1.165, 1.54) is 0 Å². The Bertz CT molecular complexity index is 611. The Labute approximate surface area is 126 Å². The molecule has 0 aliphatic carbocycles. The molecule has 1 aromatic carbocycles. The second-order valence-corrected chi connectivity index (χ2v) is 5.09. The Balaban J connectivity index is 1.46. The first kappa shape index (κ1) is 13.9. The predicted octanol–water partition coefficient (Wildman–Crippen LogP) is 2.54. The number of halogens is 1. The predicted molar refractivity (Wildman–Crippen MR) is 74.8 cm³/mol. The van der Waals surface area contributed by atoms with Crippen LogP contribution < -0.4 is 0 Å². The summed E-state index contributed by atoms with van der Waals surface area (Å²) in [6.45, 7) is 1.35. The standard InChI is InChI=1S/C14H14ClN3O3/c15-6-12-16-13(17-21-12)11-7-18(8-11)14(19)20-9-10-4-2-1-3-5-10/h1-5,11H,6-9H2. The molecule has 0 radical (unpaired) electrons. The number of ether oxygens (including phenoxy) is 1. The van der Waals surface area contributed by atoms with Gasteiger partial charge in [0.25, 0.3) is 0 Å². The average molecular weight is 308 g/mol. The number of hydrogen-bond acceptors (Lipinski definition) is 5. The molecule has 1 fully saturated rings. The summed E-state index contributed by atoms with van der Waals surface area (Å²) in [7, 11) is 0. The van der Waals surface area contributed by atoms with Crippen molar-refractivity contribution in [2.24, 2.45) is 0 Å². The van der Waals surface area contributed by atoms with Gasteiger partial charge < -0.3 is 14.2 Å². The molecule has 3 rings (SSSR count). The Kier molecular flexibility index (Phi) is 4.06. The first-order valence-electron chi connectivity index (χ1n) is 6.60. The molecule has 2 heterocycles. The monoisotopic (exact) mass is 307 g/mol. The Morgan fingerprint density at radius 2 is 2.14 bits per heavy atom. The lowest BCUT2D eigenvalue weighted by Crippen LogP contribution is -2.49. The first-order valence-corrected chi connectivity index (χ1v) is 7.14. The third-order valence-electron chi connectivity index (χ3n) is 3.31. The van der Waals surface area contributed by atoms with Gasteiger partial charge in [-0.1, -0.05) is 35.5 Å². The molecule has 1 amide bonds. The first-order chi connectivity index (χ1) is 10.3. The third kappa shape index (κ3) is 3.16. The van der Waals surface area contributed by atoms with Gasteiger partial charge in [-0.3, -0.25) is 0 Å². The van der Waals surface area contributed by atoms with Crippen molar-refractivity contribution in [3.63, 3.8) is 0 Å². The maximum Gasteiger partial charge on any atom is 0.410 e. The van der Waals surface area contributed by atoms with Crippen LogP contribution in [0, 0.1) is 0 Å². The van der Waals surface area contributed by atoms with Gasteiger partial charge in [0, 0.05) is 13.1 Å². The van der Waals surface area contributed by atoms with Crippen LogP contribution in [0.5, 0.6) is 0 Å². The van der Waals surface area contributed by atoms with Crippen LogP contribution in [0.15, 0.2) is 34.9 Å². The lowest BCUT2D eigenvalue weighted by Gasteiger charge is -2.36. The highest BCUT2D eigenvalue weighted by atomic mass is 35.5. The fourth-order valence-corrected chi connectivity index (χ4v) is 2.20. The van der Waals surface area contributed by atoms with Crippen molar-refractivity contribution in [2.45, 2.75) is 18.4 Å². The maximum absolute atomic E-state index is 11.9. The van der Waals surface area contributed by atoms with E-state index in [-0.39, 0.29) is 24.5 Å². The summed E-state index contributed by atoms with van der Waals surface area (Å²) in [5.41, 5.74) is 0.966. The van der Waals surface area contributed by atoms with Crippen molar-refractivity contribution in [3.8, 4) is 0 Å². The topological polar surface area (TPSA) is 68.5 Å². The fourth-order valence-electron chi connectivity index (χ4n) is 2.09. The van der Waals surface area contributed by atoms with Gasteiger partial charge in [-0.2, -0.15) is 4.98 Å². The van der Waals surface area contributed by atoms with Crippen LogP contribution in [0.3, 0.4) is 0 Å². The molecule has 21 heavy (non-hydrogen) atoms. The number of benzene rings is 1. The Morgan fingerprint density at radius 3 is 2.81 bits per heavy atom. The molecule has 1 saturated heterocycles. The van der Waals surface area contributed by atoms with E-state index in [1.54, 1.807) is 4.90 Å². The number of carbonyl (C=O) groups is 1. The van der Waals surface area contributed by atoms with E-state index in [2.05, 4.69) is 10.1 Å². The molecule has 0 saturated carbocycles. The highest BCUT2D eigenvalue weighted by Crippen LogP contribution is 2.25. The molecular formula is C14H14ClN3O3. The number of likely N-dealkylation sites (tertiary alicyclic amines) is 1. The molecule has 7 heteroatoms. The van der Waals surface area contributed by atoms with Gasteiger partial charge >= 0.3 is 6.09 Å². The normalized spacial score (nSPS) is 14.8. The van der Waals surface area contributed by atoms with Gasteiger partial charge in [-0.15, -0.1) is 11.6 Å². The second kappa shape index (κ2) is 6.13. The van der Waals surface area contributed by atoms with E-state index in [1.807, 2.05) is 30.3 Å². The van der Waals surface area contributed by atoms with E-state index >= 15 is 0 Å². The molecule has 6 nitrogen and oxygen atoms in total. The van der Waals surface area contributed by atoms with Crippen molar-refractivity contribution in [3.05, 3.63) is 47.6 Å². The zero-order valence-corrected chi connectivity index (χ0v) is 12.0. The summed E-state index contributed by atoms with van der Waals surface area (Å²) in [4.78, 5) is 17.6. The molecule has 1 aliphatic rings. The van der Waals surface area contributed by atoms with E-state index in [0.29, 0.717) is 24.8 Å². The van der Waals surface area contributed by atoms with E-state index in [4.69, 9.17) is 20.9 Å². The quantitative estimate of drug-likeness (QED) is 0.812. The zero-order valence-electron chi connectivity index (χ0n) is 11.2. The van der Waals surface area contributed by atoms with Gasteiger partial charge in [0.05, 0.1) is 5.92 Å². The largest absolute Gasteiger partial charge is 0.445 e. The molecule has 0 bridgehead atoms. The molecule has 1 aromatic heterocycles. The van der Waals surface area contributed by atoms with Crippen molar-refractivity contribution >= 4 is 17.7 Å². The molecule has 0 atom stereocenters. The Morgan fingerprint density at radius 1 is 1.38 bits per heavy atom. The van der Waals surface area contributed by atoms with Crippen molar-refractivity contribution in [1.82, 2.24) is 15.0 Å². The van der Waals surface area contributed by atoms with Crippen LogP contribution in [0.25, 0.3) is 0 Å². The van der Waals surface area contributed by atoms with Crippen LogP contribution in [0.1, 0.15) is 23.2 Å². The lowest BCUT2D eigenvalue weighted by molar-refractivity contribution is 0.0646. The second-order valence-electron chi connectivity index (χ2n) is 4.82. The SMILES string of the molecule is O=C(OCc1ccccc1)N1CC(c2noc(CCl)n2)C1. The van der Waals surface area contributed by atoms with Crippen LogP contribution in [-0.4, -0.2) is 34.2 Å². The lowest BCUT2D eigenvalue weighted by atomic mass is 10.0. The number of nitrogens with zero attached hydrogens (tertiary/aromatic N) is 3. The zero-order chi connectivity index (χ0) is 14.7.